The molecule has 1 amide bonds. The molecular weight excluding hydrogens is 462 g/mol. The SMILES string of the molecule is CC[C@H](C)NC(=O)c1nn(C(C)(C)C)c(Oc2ccc([N+](=O)[O-])cc2S(=O)(=O)NC2CC2)c1C. The molecule has 3 rings (SSSR count). The number of nitro groups is 1. The fourth-order valence-electron chi connectivity index (χ4n) is 3.16. The smallest absolute Gasteiger partial charge is 0.272 e. The monoisotopic (exact) mass is 493 g/mol. The van der Waals surface area contributed by atoms with Crippen LogP contribution in [0.2, 0.25) is 0 Å². The van der Waals surface area contributed by atoms with Gasteiger partial charge < -0.3 is 10.1 Å². The number of non-ortho nitro benzene ring substituents is 1. The van der Waals surface area contributed by atoms with Crippen LogP contribution in [0.5, 0.6) is 11.6 Å². The molecule has 34 heavy (non-hydrogen) atoms. The van der Waals surface area contributed by atoms with E-state index in [1.165, 1.54) is 16.8 Å². The molecule has 0 unspecified atom stereocenters. The van der Waals surface area contributed by atoms with Crippen molar-refractivity contribution in [1.82, 2.24) is 19.8 Å². The Morgan fingerprint density at radius 1 is 1.35 bits per heavy atom. The Morgan fingerprint density at radius 3 is 2.53 bits per heavy atom. The van der Waals surface area contributed by atoms with Gasteiger partial charge in [-0.05, 0) is 59.9 Å². The maximum absolute atomic E-state index is 13.0. The highest BCUT2D eigenvalue weighted by molar-refractivity contribution is 7.89. The van der Waals surface area contributed by atoms with E-state index < -0.39 is 20.5 Å². The van der Waals surface area contributed by atoms with Gasteiger partial charge in [0.2, 0.25) is 15.9 Å². The molecule has 1 aromatic carbocycles. The largest absolute Gasteiger partial charge is 0.438 e. The third-order valence-electron chi connectivity index (χ3n) is 5.44. The fourth-order valence-corrected chi connectivity index (χ4v) is 4.61. The number of carbonyl (C=O) groups is 1. The van der Waals surface area contributed by atoms with Gasteiger partial charge in [0.05, 0.1) is 10.5 Å². The maximum Gasteiger partial charge on any atom is 0.272 e. The molecule has 186 valence electrons. The predicted molar refractivity (Wildman–Crippen MR) is 126 cm³/mol. The molecule has 1 aliphatic rings. The van der Waals surface area contributed by atoms with Gasteiger partial charge in [-0.2, -0.15) is 5.10 Å². The Balaban J connectivity index is 2.11. The first kappa shape index (κ1) is 25.6. The lowest BCUT2D eigenvalue weighted by Gasteiger charge is -2.23. The van der Waals surface area contributed by atoms with Crippen LogP contribution in [0.15, 0.2) is 23.1 Å². The fraction of sp³-hybridized carbons (Fsp3) is 0.545. The maximum atomic E-state index is 13.0. The summed E-state index contributed by atoms with van der Waals surface area (Å²) < 4.78 is 36.1. The Hall–Kier alpha value is -2.99. The molecule has 0 radical (unpaired) electrons. The average molecular weight is 494 g/mol. The van der Waals surface area contributed by atoms with Gasteiger partial charge in [-0.25, -0.2) is 17.8 Å². The molecule has 1 aliphatic carbocycles. The first-order chi connectivity index (χ1) is 15.7. The van der Waals surface area contributed by atoms with E-state index in [1.54, 1.807) is 6.92 Å². The van der Waals surface area contributed by atoms with Crippen molar-refractivity contribution in [3.05, 3.63) is 39.6 Å². The van der Waals surface area contributed by atoms with Gasteiger partial charge >= 0.3 is 0 Å². The zero-order valence-electron chi connectivity index (χ0n) is 20.2. The second-order valence-electron chi connectivity index (χ2n) is 9.53. The molecule has 0 aliphatic heterocycles. The number of aromatic nitrogens is 2. The number of hydrogen-bond donors (Lipinski definition) is 2. The van der Waals surface area contributed by atoms with E-state index in [1.807, 2.05) is 34.6 Å². The standard InChI is InChI=1S/C22H31N5O6S/c1-7-13(2)23-20(28)19-14(3)21(26(24-19)22(4,5)6)33-17-11-10-16(27(29)30)12-18(17)34(31,32)25-15-8-9-15/h10-13,15,25H,7-9H2,1-6H3,(H,23,28)/t13-/m0/s1. The van der Waals surface area contributed by atoms with Crippen LogP contribution < -0.4 is 14.8 Å². The van der Waals surface area contributed by atoms with Crippen molar-refractivity contribution < 1.29 is 22.9 Å². The molecule has 2 aromatic rings. The summed E-state index contributed by atoms with van der Waals surface area (Å²) >= 11 is 0. The van der Waals surface area contributed by atoms with Crippen molar-refractivity contribution in [2.75, 3.05) is 0 Å². The van der Waals surface area contributed by atoms with Crippen molar-refractivity contribution in [2.24, 2.45) is 0 Å². The van der Waals surface area contributed by atoms with Crippen LogP contribution in [0.4, 0.5) is 5.69 Å². The number of carbonyl (C=O) groups excluding carboxylic acids is 1. The number of rotatable bonds is 9. The van der Waals surface area contributed by atoms with E-state index in [0.717, 1.165) is 12.5 Å². The van der Waals surface area contributed by atoms with Crippen LogP contribution in [0.3, 0.4) is 0 Å². The Labute approximate surface area is 199 Å². The van der Waals surface area contributed by atoms with Crippen molar-refractivity contribution in [1.29, 1.82) is 0 Å². The van der Waals surface area contributed by atoms with Crippen LogP contribution in [-0.2, 0) is 15.6 Å². The first-order valence-electron chi connectivity index (χ1n) is 11.1. The minimum Gasteiger partial charge on any atom is -0.438 e. The van der Waals surface area contributed by atoms with E-state index in [-0.39, 0.29) is 45.9 Å². The van der Waals surface area contributed by atoms with Crippen LogP contribution >= 0.6 is 0 Å². The molecule has 0 bridgehead atoms. The summed E-state index contributed by atoms with van der Waals surface area (Å²) in [5.74, 6) is -0.286. The van der Waals surface area contributed by atoms with E-state index in [4.69, 9.17) is 4.74 Å². The summed E-state index contributed by atoms with van der Waals surface area (Å²) in [4.78, 5) is 23.1. The minimum absolute atomic E-state index is 0.0593. The van der Waals surface area contributed by atoms with Crippen LogP contribution in [0, 0.1) is 17.0 Å². The number of ether oxygens (including phenoxy) is 1. The van der Waals surface area contributed by atoms with Crippen molar-refractivity contribution in [3.8, 4) is 11.6 Å². The van der Waals surface area contributed by atoms with Crippen molar-refractivity contribution >= 4 is 21.6 Å². The van der Waals surface area contributed by atoms with Crippen LogP contribution in [-0.4, -0.2) is 41.1 Å². The average Bonchev–Trinajstić information content (AvgIpc) is 3.48. The number of benzene rings is 1. The number of nitrogens with one attached hydrogen (secondary N) is 2. The summed E-state index contributed by atoms with van der Waals surface area (Å²) in [5, 5.41) is 18.6. The topological polar surface area (TPSA) is 145 Å². The highest BCUT2D eigenvalue weighted by atomic mass is 32.2. The molecule has 0 saturated heterocycles. The third kappa shape index (κ3) is 5.55. The molecule has 1 aromatic heterocycles. The molecule has 1 atom stereocenters. The summed E-state index contributed by atoms with van der Waals surface area (Å²) in [5.41, 5.74) is -0.403. The molecule has 0 spiro atoms. The van der Waals surface area contributed by atoms with Gasteiger partial charge in [0.25, 0.3) is 11.6 Å². The lowest BCUT2D eigenvalue weighted by molar-refractivity contribution is -0.385. The summed E-state index contributed by atoms with van der Waals surface area (Å²) in [6.07, 6.45) is 2.15. The molecular formula is C22H31N5O6S. The zero-order chi connectivity index (χ0) is 25.4. The van der Waals surface area contributed by atoms with Crippen LogP contribution in [0.1, 0.15) is 69.9 Å². The lowest BCUT2D eigenvalue weighted by Crippen LogP contribution is -2.33. The number of sulfonamides is 1. The van der Waals surface area contributed by atoms with Gasteiger partial charge in [0.15, 0.2) is 5.69 Å². The number of hydrogen-bond acceptors (Lipinski definition) is 7. The number of amides is 1. The van der Waals surface area contributed by atoms with Gasteiger partial charge in [0.1, 0.15) is 10.6 Å². The molecule has 1 saturated carbocycles. The van der Waals surface area contributed by atoms with E-state index >= 15 is 0 Å². The minimum atomic E-state index is -4.08. The summed E-state index contributed by atoms with van der Waals surface area (Å²) in [6, 6.07) is 3.14. The molecule has 1 heterocycles. The van der Waals surface area contributed by atoms with Gasteiger partial charge in [-0.3, -0.25) is 14.9 Å². The van der Waals surface area contributed by atoms with Gasteiger partial charge in [0, 0.05) is 29.8 Å². The normalized spacial score (nSPS) is 15.1. The van der Waals surface area contributed by atoms with Gasteiger partial charge in [-0.1, -0.05) is 6.92 Å². The molecule has 1 fully saturated rings. The molecule has 2 N–H and O–H groups in total. The second-order valence-corrected chi connectivity index (χ2v) is 11.2. The number of nitro benzene ring substituents is 1. The van der Waals surface area contributed by atoms with Gasteiger partial charge in [-0.15, -0.1) is 0 Å². The van der Waals surface area contributed by atoms with Crippen molar-refractivity contribution in [2.45, 2.75) is 83.3 Å². The first-order valence-corrected chi connectivity index (χ1v) is 12.6. The third-order valence-corrected chi connectivity index (χ3v) is 6.98. The van der Waals surface area contributed by atoms with E-state index in [0.29, 0.717) is 18.4 Å². The Kier molecular flexibility index (Phi) is 7.04. The Morgan fingerprint density at radius 2 is 2.00 bits per heavy atom. The number of nitrogens with zero attached hydrogens (tertiary/aromatic N) is 3. The quantitative estimate of drug-likeness (QED) is 0.401. The van der Waals surface area contributed by atoms with E-state index in [2.05, 4.69) is 15.1 Å². The Bertz CT molecular complexity index is 1210. The van der Waals surface area contributed by atoms with Crippen LogP contribution in [0.25, 0.3) is 0 Å². The summed E-state index contributed by atoms with van der Waals surface area (Å²) in [7, 11) is -4.08. The second kappa shape index (κ2) is 9.34. The highest BCUT2D eigenvalue weighted by Crippen LogP contribution is 2.37. The predicted octanol–water partition coefficient (Wildman–Crippen LogP) is 3.62. The summed E-state index contributed by atoms with van der Waals surface area (Å²) in [6.45, 7) is 11.1. The van der Waals surface area contributed by atoms with E-state index in [9.17, 15) is 23.3 Å². The molecule has 12 heteroatoms. The highest BCUT2D eigenvalue weighted by Gasteiger charge is 2.33. The molecule has 11 nitrogen and oxygen atoms in total. The van der Waals surface area contributed by atoms with Crippen molar-refractivity contribution in [3.63, 3.8) is 0 Å². The lowest BCUT2D eigenvalue weighted by atomic mass is 10.1. The zero-order valence-corrected chi connectivity index (χ0v) is 21.0.